The fraction of sp³-hybridized carbons (Fsp3) is 0.591. The summed E-state index contributed by atoms with van der Waals surface area (Å²) in [5.74, 6) is 3.21. The lowest BCUT2D eigenvalue weighted by Gasteiger charge is -2.36. The second-order valence-electron chi connectivity index (χ2n) is 8.11. The summed E-state index contributed by atoms with van der Waals surface area (Å²) < 4.78 is 5.22. The van der Waals surface area contributed by atoms with Crippen LogP contribution in [0.2, 0.25) is 0 Å². The van der Waals surface area contributed by atoms with Gasteiger partial charge in [0.25, 0.3) is 0 Å². The first-order chi connectivity index (χ1) is 14.7. The number of amides is 1. The number of ether oxygens (including phenoxy) is 1. The van der Waals surface area contributed by atoms with E-state index < -0.39 is 0 Å². The van der Waals surface area contributed by atoms with Crippen molar-refractivity contribution in [2.75, 3.05) is 43.9 Å². The van der Waals surface area contributed by atoms with Gasteiger partial charge in [-0.3, -0.25) is 9.89 Å². The van der Waals surface area contributed by atoms with Crippen molar-refractivity contribution >= 4 is 23.4 Å². The maximum atomic E-state index is 12.6. The number of aromatic amines is 1. The first-order valence-corrected chi connectivity index (χ1v) is 11.9. The van der Waals surface area contributed by atoms with Gasteiger partial charge in [0.1, 0.15) is 11.6 Å². The zero-order chi connectivity index (χ0) is 20.8. The molecule has 2 fully saturated rings. The lowest BCUT2D eigenvalue weighted by Crippen LogP contribution is -2.49. The molecule has 1 saturated carbocycles. The lowest BCUT2D eigenvalue weighted by atomic mass is 10.0. The number of aryl methyl sites for hydroxylation is 1. The number of carbonyl (C=O) groups excluding carboxylic acids is 1. The topological polar surface area (TPSA) is 74.3 Å². The number of nitrogens with zero attached hydrogens (tertiary/aromatic N) is 4. The minimum Gasteiger partial charge on any atom is -0.497 e. The maximum absolute atomic E-state index is 12.6. The first kappa shape index (κ1) is 21.0. The summed E-state index contributed by atoms with van der Waals surface area (Å²) in [6.45, 7) is 3.17. The zero-order valence-corrected chi connectivity index (χ0v) is 18.5. The molecular weight excluding hydrogens is 398 g/mol. The largest absolute Gasteiger partial charge is 0.497 e. The molecule has 1 aromatic heterocycles. The van der Waals surface area contributed by atoms with Crippen molar-refractivity contribution in [2.24, 2.45) is 5.92 Å². The van der Waals surface area contributed by atoms with Crippen molar-refractivity contribution in [3.05, 3.63) is 30.1 Å². The predicted molar refractivity (Wildman–Crippen MR) is 119 cm³/mol. The van der Waals surface area contributed by atoms with Crippen molar-refractivity contribution in [1.82, 2.24) is 20.1 Å². The molecule has 1 aliphatic carbocycles. The van der Waals surface area contributed by atoms with Crippen LogP contribution in [0.15, 0.2) is 29.4 Å². The molecule has 1 aliphatic heterocycles. The van der Waals surface area contributed by atoms with Gasteiger partial charge in [-0.1, -0.05) is 37.4 Å². The van der Waals surface area contributed by atoms with Gasteiger partial charge in [-0.15, -0.1) is 5.10 Å². The van der Waals surface area contributed by atoms with Crippen molar-refractivity contribution in [1.29, 1.82) is 0 Å². The van der Waals surface area contributed by atoms with Crippen LogP contribution in [-0.4, -0.2) is 65.0 Å². The van der Waals surface area contributed by atoms with Crippen molar-refractivity contribution < 1.29 is 9.53 Å². The SMILES string of the molecule is COc1ccc(N2CCN(C(=O)CSc3n[nH]c(CCC4CCCC4)n3)CC2)cc1. The van der Waals surface area contributed by atoms with Gasteiger partial charge in [0.05, 0.1) is 12.9 Å². The Balaban J connectivity index is 1.18. The third-order valence-corrected chi connectivity index (χ3v) is 7.00. The molecule has 0 bridgehead atoms. The van der Waals surface area contributed by atoms with Crippen LogP contribution in [0.1, 0.15) is 37.9 Å². The highest BCUT2D eigenvalue weighted by Gasteiger charge is 2.22. The fourth-order valence-corrected chi connectivity index (χ4v) is 5.04. The number of hydrogen-bond donors (Lipinski definition) is 1. The second kappa shape index (κ2) is 10.2. The third kappa shape index (κ3) is 5.47. The van der Waals surface area contributed by atoms with E-state index >= 15 is 0 Å². The molecule has 0 spiro atoms. The summed E-state index contributed by atoms with van der Waals surface area (Å²) in [6.07, 6.45) is 7.61. The van der Waals surface area contributed by atoms with Gasteiger partial charge in [-0.2, -0.15) is 0 Å². The Labute approximate surface area is 182 Å². The Morgan fingerprint density at radius 1 is 1.17 bits per heavy atom. The van der Waals surface area contributed by atoms with Crippen molar-refractivity contribution in [3.8, 4) is 5.75 Å². The molecule has 2 heterocycles. The fourth-order valence-electron chi connectivity index (χ4n) is 4.32. The molecule has 1 N–H and O–H groups in total. The first-order valence-electron chi connectivity index (χ1n) is 10.9. The summed E-state index contributed by atoms with van der Waals surface area (Å²) in [6, 6.07) is 8.09. The van der Waals surface area contributed by atoms with E-state index in [1.165, 1.54) is 49.6 Å². The lowest BCUT2D eigenvalue weighted by molar-refractivity contribution is -0.128. The van der Waals surface area contributed by atoms with E-state index in [0.29, 0.717) is 10.9 Å². The van der Waals surface area contributed by atoms with E-state index in [9.17, 15) is 4.79 Å². The zero-order valence-electron chi connectivity index (χ0n) is 17.7. The van der Waals surface area contributed by atoms with Crippen LogP contribution in [0.3, 0.4) is 0 Å². The summed E-state index contributed by atoms with van der Waals surface area (Å²) in [7, 11) is 1.67. The summed E-state index contributed by atoms with van der Waals surface area (Å²) in [5.41, 5.74) is 1.17. The molecule has 0 unspecified atom stereocenters. The standard InChI is InChI=1S/C22H31N5O2S/c1-29-19-9-7-18(8-10-19)26-12-14-27(15-13-26)21(28)16-30-22-23-20(24-25-22)11-6-17-4-2-3-5-17/h7-10,17H,2-6,11-16H2,1H3,(H,23,24,25). The average Bonchev–Trinajstić information content (AvgIpc) is 3.48. The Kier molecular flexibility index (Phi) is 7.15. The highest BCUT2D eigenvalue weighted by molar-refractivity contribution is 7.99. The van der Waals surface area contributed by atoms with Gasteiger partial charge < -0.3 is 14.5 Å². The number of hydrogen-bond acceptors (Lipinski definition) is 6. The molecule has 30 heavy (non-hydrogen) atoms. The van der Waals surface area contributed by atoms with Crippen LogP contribution in [-0.2, 0) is 11.2 Å². The second-order valence-corrected chi connectivity index (χ2v) is 9.05. The normalized spacial score (nSPS) is 17.5. The molecule has 162 valence electrons. The van der Waals surface area contributed by atoms with E-state index in [-0.39, 0.29) is 5.91 Å². The molecular formula is C22H31N5O2S. The van der Waals surface area contributed by atoms with Crippen LogP contribution in [0.4, 0.5) is 5.69 Å². The Bertz CT molecular complexity index is 811. The van der Waals surface area contributed by atoms with Crippen molar-refractivity contribution in [3.63, 3.8) is 0 Å². The number of thioether (sulfide) groups is 1. The number of rotatable bonds is 8. The maximum Gasteiger partial charge on any atom is 0.233 e. The number of anilines is 1. The molecule has 1 aromatic carbocycles. The predicted octanol–water partition coefficient (Wildman–Crippen LogP) is 3.38. The highest BCUT2D eigenvalue weighted by atomic mass is 32.2. The minimum absolute atomic E-state index is 0.159. The van der Waals surface area contributed by atoms with Gasteiger partial charge in [0.2, 0.25) is 11.1 Å². The molecule has 2 aliphatic rings. The van der Waals surface area contributed by atoms with E-state index in [2.05, 4.69) is 32.2 Å². The molecule has 4 rings (SSSR count). The molecule has 0 radical (unpaired) electrons. The molecule has 2 aromatic rings. The number of benzene rings is 1. The highest BCUT2D eigenvalue weighted by Crippen LogP contribution is 2.28. The van der Waals surface area contributed by atoms with Gasteiger partial charge in [-0.25, -0.2) is 4.98 Å². The van der Waals surface area contributed by atoms with Crippen molar-refractivity contribution in [2.45, 2.75) is 43.7 Å². The van der Waals surface area contributed by atoms with E-state index in [1.807, 2.05) is 17.0 Å². The van der Waals surface area contributed by atoms with Gasteiger partial charge in [0, 0.05) is 38.3 Å². The van der Waals surface area contributed by atoms with E-state index in [0.717, 1.165) is 50.1 Å². The number of piperazine rings is 1. The summed E-state index contributed by atoms with van der Waals surface area (Å²) in [5, 5.41) is 8.01. The monoisotopic (exact) mass is 429 g/mol. The van der Waals surface area contributed by atoms with Crippen LogP contribution < -0.4 is 9.64 Å². The van der Waals surface area contributed by atoms with Gasteiger partial charge >= 0.3 is 0 Å². The molecule has 8 heteroatoms. The number of methoxy groups -OCH3 is 1. The Hall–Kier alpha value is -2.22. The van der Waals surface area contributed by atoms with Gasteiger partial charge in [0.15, 0.2) is 0 Å². The van der Waals surface area contributed by atoms with E-state index in [4.69, 9.17) is 4.74 Å². The minimum atomic E-state index is 0.159. The molecule has 0 atom stereocenters. The van der Waals surface area contributed by atoms with Gasteiger partial charge in [-0.05, 0) is 36.6 Å². The van der Waals surface area contributed by atoms with Crippen LogP contribution in [0, 0.1) is 5.92 Å². The summed E-state index contributed by atoms with van der Waals surface area (Å²) >= 11 is 1.43. The Morgan fingerprint density at radius 2 is 1.90 bits per heavy atom. The molecule has 1 saturated heterocycles. The number of nitrogens with one attached hydrogen (secondary N) is 1. The van der Waals surface area contributed by atoms with Crippen LogP contribution >= 0.6 is 11.8 Å². The van der Waals surface area contributed by atoms with Crippen LogP contribution in [0.5, 0.6) is 5.75 Å². The molecule has 7 nitrogen and oxygen atoms in total. The number of carbonyl (C=O) groups is 1. The van der Waals surface area contributed by atoms with Crippen LogP contribution in [0.25, 0.3) is 0 Å². The third-order valence-electron chi connectivity index (χ3n) is 6.17. The number of aromatic nitrogens is 3. The number of H-pyrrole nitrogens is 1. The average molecular weight is 430 g/mol. The summed E-state index contributed by atoms with van der Waals surface area (Å²) in [4.78, 5) is 21.4. The quantitative estimate of drug-likeness (QED) is 0.649. The molecule has 1 amide bonds. The smallest absolute Gasteiger partial charge is 0.233 e. The van der Waals surface area contributed by atoms with E-state index in [1.54, 1.807) is 7.11 Å². The Morgan fingerprint density at radius 3 is 2.60 bits per heavy atom.